The number of nitrogens with zero attached hydrogens (tertiary/aromatic N) is 3. The SMILES string of the molecule is COc1nc(-c2cccc(-c3cccc(-c4cnc(CNCCC(=O)O)c(OC)n4)c3Cl)c2Cl)ccc1CNCC1CCC(=O)N1. The number of rotatable bonds is 14. The van der Waals surface area contributed by atoms with E-state index in [0.717, 1.165) is 17.5 Å². The first-order valence-electron chi connectivity index (χ1n) is 14.7. The lowest BCUT2D eigenvalue weighted by atomic mass is 9.98. The highest BCUT2D eigenvalue weighted by molar-refractivity contribution is 6.39. The predicted octanol–water partition coefficient (Wildman–Crippen LogP) is 5.13. The molecule has 0 radical (unpaired) electrons. The number of carbonyl (C=O) groups excluding carboxylic acids is 1. The number of carboxylic acid groups (broad SMARTS) is 1. The van der Waals surface area contributed by atoms with Crippen molar-refractivity contribution in [2.75, 3.05) is 27.3 Å². The van der Waals surface area contributed by atoms with Crippen molar-refractivity contribution in [2.45, 2.75) is 38.4 Å². The number of carboxylic acids is 1. The summed E-state index contributed by atoms with van der Waals surface area (Å²) < 4.78 is 11.1. The van der Waals surface area contributed by atoms with E-state index in [9.17, 15) is 9.59 Å². The van der Waals surface area contributed by atoms with Crippen molar-refractivity contribution < 1.29 is 24.2 Å². The molecule has 46 heavy (non-hydrogen) atoms. The average molecular weight is 666 g/mol. The number of hydrogen-bond donors (Lipinski definition) is 4. The van der Waals surface area contributed by atoms with E-state index >= 15 is 0 Å². The van der Waals surface area contributed by atoms with Gasteiger partial charge in [0.1, 0.15) is 5.69 Å². The Kier molecular flexibility index (Phi) is 11.0. The molecule has 1 atom stereocenters. The summed E-state index contributed by atoms with van der Waals surface area (Å²) in [4.78, 5) is 36.1. The monoisotopic (exact) mass is 664 g/mol. The molecule has 1 amide bonds. The van der Waals surface area contributed by atoms with Crippen LogP contribution in [-0.4, -0.2) is 65.3 Å². The highest BCUT2D eigenvalue weighted by atomic mass is 35.5. The van der Waals surface area contributed by atoms with Crippen molar-refractivity contribution in [1.29, 1.82) is 0 Å². The summed E-state index contributed by atoms with van der Waals surface area (Å²) in [6, 6.07) is 15.3. The molecule has 4 N–H and O–H groups in total. The molecule has 3 heterocycles. The van der Waals surface area contributed by atoms with Crippen LogP contribution in [-0.2, 0) is 22.7 Å². The fourth-order valence-corrected chi connectivity index (χ4v) is 5.88. The van der Waals surface area contributed by atoms with E-state index < -0.39 is 5.97 Å². The second-order valence-electron chi connectivity index (χ2n) is 10.7. The van der Waals surface area contributed by atoms with Crippen LogP contribution in [0.4, 0.5) is 0 Å². The highest BCUT2D eigenvalue weighted by Gasteiger charge is 2.21. The van der Waals surface area contributed by atoms with Gasteiger partial charge in [0, 0.05) is 66.5 Å². The summed E-state index contributed by atoms with van der Waals surface area (Å²) in [6.45, 7) is 1.80. The smallest absolute Gasteiger partial charge is 0.304 e. The number of halogens is 2. The first-order valence-corrected chi connectivity index (χ1v) is 15.5. The van der Waals surface area contributed by atoms with E-state index in [1.165, 1.54) is 7.11 Å². The summed E-state index contributed by atoms with van der Waals surface area (Å²) in [5.41, 5.74) is 5.37. The van der Waals surface area contributed by atoms with Crippen molar-refractivity contribution in [2.24, 2.45) is 0 Å². The number of aliphatic carboxylic acids is 1. The highest BCUT2D eigenvalue weighted by Crippen LogP contribution is 2.42. The Morgan fingerprint density at radius 2 is 1.57 bits per heavy atom. The van der Waals surface area contributed by atoms with Crippen molar-refractivity contribution >= 4 is 35.1 Å². The predicted molar refractivity (Wildman–Crippen MR) is 176 cm³/mol. The van der Waals surface area contributed by atoms with Crippen LogP contribution < -0.4 is 25.4 Å². The third-order valence-electron chi connectivity index (χ3n) is 7.58. The van der Waals surface area contributed by atoms with Crippen molar-refractivity contribution in [3.05, 3.63) is 76.0 Å². The number of carbonyl (C=O) groups is 2. The molecular formula is C33H34Cl2N6O5. The summed E-state index contributed by atoms with van der Waals surface area (Å²) >= 11 is 14.0. The standard InChI is InChI=1S/C33H34Cl2N6O5/c1-45-32-19(15-37-16-20-10-12-28(42)39-20)9-11-25(40-32)23-7-3-5-21(30(23)34)22-6-4-8-24(31(22)35)26-18-38-27(33(41-26)46-2)17-36-14-13-29(43)44/h3-9,11,18,20,36-37H,10,12-17H2,1-2H3,(H,39,42)(H,43,44). The van der Waals surface area contributed by atoms with Crippen LogP contribution in [0.2, 0.25) is 10.0 Å². The molecule has 1 saturated heterocycles. The topological polar surface area (TPSA) is 148 Å². The van der Waals surface area contributed by atoms with Gasteiger partial charge in [0.25, 0.3) is 0 Å². The third kappa shape index (κ3) is 7.73. The molecule has 240 valence electrons. The lowest BCUT2D eigenvalue weighted by Gasteiger charge is -2.16. The summed E-state index contributed by atoms with van der Waals surface area (Å²) in [6.07, 6.45) is 2.99. The van der Waals surface area contributed by atoms with Gasteiger partial charge < -0.3 is 30.5 Å². The number of methoxy groups -OCH3 is 2. The number of pyridine rings is 1. The Balaban J connectivity index is 1.37. The van der Waals surface area contributed by atoms with Crippen LogP contribution in [0, 0.1) is 0 Å². The van der Waals surface area contributed by atoms with Crippen molar-refractivity contribution in [1.82, 2.24) is 30.9 Å². The maximum atomic E-state index is 11.5. The van der Waals surface area contributed by atoms with Crippen LogP contribution in [0.25, 0.3) is 33.6 Å². The summed E-state index contributed by atoms with van der Waals surface area (Å²) in [7, 11) is 3.08. The maximum absolute atomic E-state index is 11.5. The second-order valence-corrected chi connectivity index (χ2v) is 11.4. The molecule has 1 aliphatic heterocycles. The Labute approximate surface area is 276 Å². The van der Waals surface area contributed by atoms with E-state index in [0.29, 0.717) is 88.2 Å². The van der Waals surface area contributed by atoms with E-state index in [1.54, 1.807) is 13.3 Å². The van der Waals surface area contributed by atoms with Crippen LogP contribution >= 0.6 is 23.2 Å². The van der Waals surface area contributed by atoms with Gasteiger partial charge in [-0.25, -0.2) is 9.97 Å². The minimum atomic E-state index is -0.883. The minimum absolute atomic E-state index is 0.00430. The van der Waals surface area contributed by atoms with Gasteiger partial charge in [0.15, 0.2) is 0 Å². The molecule has 1 aliphatic rings. The van der Waals surface area contributed by atoms with Gasteiger partial charge in [-0.1, -0.05) is 65.7 Å². The fourth-order valence-electron chi connectivity index (χ4n) is 5.23. The Hall–Kier alpha value is -4.29. The average Bonchev–Trinajstić information content (AvgIpc) is 3.48. The lowest BCUT2D eigenvalue weighted by molar-refractivity contribution is -0.136. The van der Waals surface area contributed by atoms with Gasteiger partial charge >= 0.3 is 5.97 Å². The number of hydrogen-bond acceptors (Lipinski definition) is 9. The van der Waals surface area contributed by atoms with Gasteiger partial charge in [0.2, 0.25) is 17.7 Å². The molecule has 0 spiro atoms. The number of amides is 1. The Morgan fingerprint density at radius 3 is 2.20 bits per heavy atom. The van der Waals surface area contributed by atoms with E-state index in [1.807, 2.05) is 48.5 Å². The first-order chi connectivity index (χ1) is 22.3. The van der Waals surface area contributed by atoms with Crippen LogP contribution in [0.5, 0.6) is 11.8 Å². The van der Waals surface area contributed by atoms with E-state index in [-0.39, 0.29) is 18.4 Å². The molecule has 13 heteroatoms. The van der Waals surface area contributed by atoms with Crippen molar-refractivity contribution in [3.8, 4) is 45.4 Å². The normalized spacial score (nSPS) is 14.3. The molecular weight excluding hydrogens is 631 g/mol. The summed E-state index contributed by atoms with van der Waals surface area (Å²) in [5.74, 6) is -0.00115. The maximum Gasteiger partial charge on any atom is 0.304 e. The molecule has 0 saturated carbocycles. The van der Waals surface area contributed by atoms with Gasteiger partial charge in [-0.05, 0) is 12.5 Å². The number of ether oxygens (including phenoxy) is 2. The van der Waals surface area contributed by atoms with Gasteiger partial charge in [-0.15, -0.1) is 0 Å². The second kappa shape index (κ2) is 15.3. The minimum Gasteiger partial charge on any atom is -0.481 e. The Bertz CT molecular complexity index is 1740. The molecule has 1 unspecified atom stereocenters. The quantitative estimate of drug-likeness (QED) is 0.134. The zero-order valence-corrected chi connectivity index (χ0v) is 26.9. The van der Waals surface area contributed by atoms with Crippen LogP contribution in [0.1, 0.15) is 30.5 Å². The number of benzene rings is 2. The molecule has 1 fully saturated rings. The Morgan fingerprint density at radius 1 is 0.913 bits per heavy atom. The molecule has 4 aromatic rings. The van der Waals surface area contributed by atoms with Crippen LogP contribution in [0.15, 0.2) is 54.7 Å². The molecule has 0 bridgehead atoms. The molecule has 2 aromatic carbocycles. The first kappa shape index (κ1) is 33.1. The lowest BCUT2D eigenvalue weighted by Crippen LogP contribution is -2.35. The zero-order valence-electron chi connectivity index (χ0n) is 25.4. The van der Waals surface area contributed by atoms with E-state index in [2.05, 4.69) is 25.9 Å². The van der Waals surface area contributed by atoms with Gasteiger partial charge in [-0.3, -0.25) is 14.6 Å². The number of nitrogens with one attached hydrogen (secondary N) is 3. The van der Waals surface area contributed by atoms with Gasteiger partial charge in [0.05, 0.1) is 48.3 Å². The molecule has 11 nitrogen and oxygen atoms in total. The largest absolute Gasteiger partial charge is 0.481 e. The van der Waals surface area contributed by atoms with Gasteiger partial charge in [-0.2, -0.15) is 0 Å². The molecule has 2 aromatic heterocycles. The van der Waals surface area contributed by atoms with E-state index in [4.69, 9.17) is 42.8 Å². The summed E-state index contributed by atoms with van der Waals surface area (Å²) in [5, 5.41) is 19.1. The third-order valence-corrected chi connectivity index (χ3v) is 8.39. The molecule has 5 rings (SSSR count). The van der Waals surface area contributed by atoms with Crippen molar-refractivity contribution in [3.63, 3.8) is 0 Å². The zero-order chi connectivity index (χ0) is 32.6. The fraction of sp³-hybridized carbons (Fsp3) is 0.303. The number of aromatic nitrogens is 3. The van der Waals surface area contributed by atoms with Crippen LogP contribution in [0.3, 0.4) is 0 Å². The molecule has 0 aliphatic carbocycles.